The van der Waals surface area contributed by atoms with E-state index >= 15 is 38.4 Å². The third-order valence-electron chi connectivity index (χ3n) is 22.7. The number of phenols is 1. The summed E-state index contributed by atoms with van der Waals surface area (Å²) in [5, 5.41) is 59.7. The molecule has 127 heavy (non-hydrogen) atoms. The van der Waals surface area contributed by atoms with Crippen molar-refractivity contribution in [3.05, 3.63) is 179 Å². The molecular weight excluding hydrogens is 1670 g/mol. The van der Waals surface area contributed by atoms with Crippen LogP contribution in [0, 0.1) is 11.8 Å². The van der Waals surface area contributed by atoms with E-state index in [0.717, 1.165) is 23.1 Å². The molecule has 37 heteroatoms. The number of hydrogen-bond acceptors (Lipinski definition) is 19. The Kier molecular flexibility index (Phi) is 36.6. The fourth-order valence-corrected chi connectivity index (χ4v) is 16.8. The molecule has 14 amide bonds. The first-order valence-corrected chi connectivity index (χ1v) is 44.4. The number of phenolic OH excluding ortho intramolecular Hbond substituents is 1. The van der Waals surface area contributed by atoms with Gasteiger partial charge >= 0.3 is 0 Å². The number of carbonyl (C=O) groups is 14. The molecule has 1 aliphatic heterocycles. The normalized spacial score (nSPS) is 22.3. The van der Waals surface area contributed by atoms with Gasteiger partial charge in [-0.15, -0.1) is 16.9 Å². The summed E-state index contributed by atoms with van der Waals surface area (Å²) in [6.45, 7) is 6.76. The van der Waals surface area contributed by atoms with Crippen molar-refractivity contribution in [3.63, 3.8) is 0 Å². The average molecular weight is 1790 g/mol. The molecule has 0 bridgehead atoms. The molecule has 0 saturated heterocycles. The smallest absolute Gasteiger partial charge is 0.246 e. The van der Waals surface area contributed by atoms with Gasteiger partial charge in [0.1, 0.15) is 78.3 Å². The lowest BCUT2D eigenvalue weighted by Crippen LogP contribution is -2.61. The summed E-state index contributed by atoms with van der Waals surface area (Å²) < 4.78 is 1.21. The maximum Gasteiger partial charge on any atom is 0.246 e. The number of nitrogens with two attached hydrogens (primary N) is 1. The SMILES string of the molecule is CCCC[C@H]1C(=O)N(C)CC(=O)N[C@@H](CC(O)=P)C(=O)N[C@@H](C(C)C)C(=O)N(C)[C@@H](Cc2ccccc2)C(=O)NC2(CCCCC2)c2nnnn2CC(=O)N[C@@H](Cc2c[nH]c3ccccc23)C(=O)N[C@@H](Cc2ccc(O)cc2)C(=O)N[C@@H](CC(C)C)C(=O)N[C@H](C(=O)NCC(N)=O)CSCC(=O)N[C@@H](Cc2ccccc2)C(=O)N(C)[C@@H](Cc2ccccc2)C(=O)N1C. The summed E-state index contributed by atoms with van der Waals surface area (Å²) >= 11 is 0.856. The summed E-state index contributed by atoms with van der Waals surface area (Å²) in [6.07, 6.45) is 3.77. The molecule has 1 saturated carbocycles. The number of aliphatic hydroxyl groups excluding tert-OH is 1. The van der Waals surface area contributed by atoms with Crippen molar-refractivity contribution in [3.8, 4) is 5.75 Å². The van der Waals surface area contributed by atoms with Gasteiger partial charge in [-0.25, -0.2) is 4.68 Å². The predicted molar refractivity (Wildman–Crippen MR) is 479 cm³/mol. The van der Waals surface area contributed by atoms with E-state index in [1.54, 1.807) is 131 Å². The number of aromatic nitrogens is 5. The molecule has 0 radical (unpaired) electrons. The maximum absolute atomic E-state index is 15.7. The number of primary amides is 1. The van der Waals surface area contributed by atoms with E-state index in [0.29, 0.717) is 64.4 Å². The summed E-state index contributed by atoms with van der Waals surface area (Å²) in [5.41, 5.74) is 7.18. The predicted octanol–water partition coefficient (Wildman–Crippen LogP) is 2.96. The number of hydrogen-bond donors (Lipinski definition) is 13. The first-order valence-electron chi connectivity index (χ1n) is 42.7. The average Bonchev–Trinajstić information content (AvgIpc) is 1.69. The van der Waals surface area contributed by atoms with Crippen molar-refractivity contribution in [2.45, 2.75) is 203 Å². The Morgan fingerprint density at radius 2 is 1.09 bits per heavy atom. The van der Waals surface area contributed by atoms with Gasteiger partial charge < -0.3 is 88.4 Å². The van der Waals surface area contributed by atoms with Crippen LogP contribution in [0.25, 0.3) is 10.9 Å². The molecule has 0 unspecified atom stereocenters. The number of H-pyrrole nitrogens is 1. The number of fused-ring (bicyclic) bond motifs is 3. The largest absolute Gasteiger partial charge is 0.508 e. The lowest BCUT2D eigenvalue weighted by atomic mass is 9.80. The fraction of sp³-hybridized carbons (Fsp3) is 0.467. The molecular formula is C90H118N19O16PS. The summed E-state index contributed by atoms with van der Waals surface area (Å²) in [7, 11) is 8.65. The summed E-state index contributed by atoms with van der Waals surface area (Å²) in [5.74, 6) is -13.3. The summed E-state index contributed by atoms with van der Waals surface area (Å²) in [6, 6.07) is 25.1. The number of nitrogens with one attached hydrogen (secondary N) is 10. The Labute approximate surface area is 744 Å². The molecule has 10 atom stereocenters. The lowest BCUT2D eigenvalue weighted by Gasteiger charge is -2.39. The molecule has 1 spiro atoms. The number of benzene rings is 5. The lowest BCUT2D eigenvalue weighted by molar-refractivity contribution is -0.151. The van der Waals surface area contributed by atoms with Crippen LogP contribution in [-0.4, -0.2) is 256 Å². The van der Waals surface area contributed by atoms with Gasteiger partial charge in [-0.1, -0.05) is 197 Å². The number of thioether (sulfide) groups is 1. The standard InChI is InChI=1S/C90H118N19O16PS/c1-10-11-34-70-86(123)105(6)50-74(112)95-67(47-77(115)126)83(120)100-78(55(4)5)88(125)107(8)71(44-57-28-18-13-19-29-57)84(121)101-90(39-24-15-25-40-90)89-102-103-104-109(89)51-75(113)94-66(46-60-48-92-63-33-23-22-32-62(60)63)82(119)98-65(42-59-35-37-61(110)38-36-59)81(118)97-64(41-54(2)3)80(117)99-69(79(116)93-49-73(91)111)52-127-53-76(114)96-68(43-56-26-16-12-17-27-56)85(122)108(9)72(87(124)106(70)7)45-58-30-20-14-21-31-58/h12-14,16-23,26-33,35-38,48,54-55,64-72,78,92,110,115,126H,10-11,15,24-25,34,39-47,49-53H2,1-9H3,(H2,91,111)(H,93,116)(H,94,113)(H,95,112)(H,96,114)(H,97,118)(H,98,119)(H,99,117)(H,100,120)(H,101,121)/t64-,65-,66-,67-,68-,69-,70-,71-,72-,78-/m0/s1. The molecule has 1 aliphatic carbocycles. The van der Waals surface area contributed by atoms with E-state index in [4.69, 9.17) is 5.73 Å². The first-order chi connectivity index (χ1) is 60.6. The number of tetrazole rings is 1. The number of aromatic hydroxyl groups is 1. The van der Waals surface area contributed by atoms with E-state index in [1.165, 1.54) is 71.8 Å². The molecule has 3 heterocycles. The van der Waals surface area contributed by atoms with E-state index in [9.17, 15) is 39.0 Å². The number of aliphatic hydroxyl groups is 1. The molecule has 680 valence electrons. The van der Waals surface area contributed by atoms with Crippen LogP contribution in [0.3, 0.4) is 0 Å². The van der Waals surface area contributed by atoms with Crippen molar-refractivity contribution < 1.29 is 77.3 Å². The van der Waals surface area contributed by atoms with Gasteiger partial charge in [-0.2, -0.15) is 0 Å². The fourth-order valence-electron chi connectivity index (χ4n) is 15.7. The van der Waals surface area contributed by atoms with Gasteiger partial charge in [0.05, 0.1) is 24.3 Å². The van der Waals surface area contributed by atoms with Gasteiger partial charge in [0.25, 0.3) is 0 Å². The molecule has 5 aromatic carbocycles. The number of likely N-dealkylation sites (N-methyl/N-ethyl adjacent to an activating group) is 4. The quantitative estimate of drug-likeness (QED) is 0.0460. The van der Waals surface area contributed by atoms with Crippen LogP contribution >= 0.6 is 20.6 Å². The molecule has 14 N–H and O–H groups in total. The zero-order valence-corrected chi connectivity index (χ0v) is 74.9. The Morgan fingerprint density at radius 3 is 1.70 bits per heavy atom. The monoisotopic (exact) mass is 1780 g/mol. The maximum atomic E-state index is 15.7. The third kappa shape index (κ3) is 28.3. The number of rotatable bonds is 21. The molecule has 1 fully saturated rings. The Balaban J connectivity index is 1.11. The highest BCUT2D eigenvalue weighted by molar-refractivity contribution is 8.00. The zero-order valence-electron chi connectivity index (χ0n) is 73.1. The van der Waals surface area contributed by atoms with Gasteiger partial charge in [0.15, 0.2) is 5.82 Å². The molecule has 2 aromatic heterocycles. The second-order valence-corrected chi connectivity index (χ2v) is 34.9. The highest BCUT2D eigenvalue weighted by atomic mass is 32.2. The molecule has 7 aromatic rings. The van der Waals surface area contributed by atoms with Gasteiger partial charge in [-0.05, 0) is 94.0 Å². The topological polar surface area (TPSA) is 486 Å². The minimum Gasteiger partial charge on any atom is -0.508 e. The Hall–Kier alpha value is -12.4. The van der Waals surface area contributed by atoms with E-state index < -0.39 is 192 Å². The van der Waals surface area contributed by atoms with Crippen LogP contribution in [0.15, 0.2) is 146 Å². The van der Waals surface area contributed by atoms with Crippen LogP contribution in [0.4, 0.5) is 0 Å². The van der Waals surface area contributed by atoms with E-state index in [-0.39, 0.29) is 81.0 Å². The van der Waals surface area contributed by atoms with E-state index in [2.05, 4.69) is 77.2 Å². The second-order valence-electron chi connectivity index (χ2n) is 33.3. The number of carbonyl (C=O) groups excluding carboxylic acids is 14. The number of aromatic amines is 1. The van der Waals surface area contributed by atoms with Gasteiger partial charge in [-0.3, -0.25) is 67.1 Å². The van der Waals surface area contributed by atoms with Crippen molar-refractivity contribution in [1.82, 2.24) is 92.6 Å². The van der Waals surface area contributed by atoms with Crippen molar-refractivity contribution >= 4 is 120 Å². The number of nitrogens with zero attached hydrogens (tertiary/aromatic N) is 8. The third-order valence-corrected chi connectivity index (χ3v) is 23.9. The van der Waals surface area contributed by atoms with Crippen molar-refractivity contribution in [2.24, 2.45) is 17.6 Å². The number of para-hydroxylation sites is 1. The molecule has 2 aliphatic rings. The van der Waals surface area contributed by atoms with Gasteiger partial charge in [0, 0.05) is 89.6 Å². The van der Waals surface area contributed by atoms with Crippen LogP contribution < -0.4 is 53.6 Å². The van der Waals surface area contributed by atoms with Crippen LogP contribution in [0.1, 0.15) is 132 Å². The molecule has 35 nitrogen and oxygen atoms in total. The minimum absolute atomic E-state index is 0.0592. The highest BCUT2D eigenvalue weighted by Crippen LogP contribution is 2.37. The molecule has 9 rings (SSSR count). The second kappa shape index (κ2) is 47.2. The highest BCUT2D eigenvalue weighted by Gasteiger charge is 2.46. The van der Waals surface area contributed by atoms with E-state index in [1.807, 2.05) is 25.1 Å². The van der Waals surface area contributed by atoms with Crippen LogP contribution in [0.2, 0.25) is 0 Å². The minimum atomic E-state index is -1.60. The van der Waals surface area contributed by atoms with Gasteiger partial charge in [0.2, 0.25) is 82.7 Å². The zero-order chi connectivity index (χ0) is 92.2. The van der Waals surface area contributed by atoms with Crippen molar-refractivity contribution in [1.29, 1.82) is 0 Å². The number of unbranched alkanes of at least 4 members (excludes halogenated alkanes) is 1. The Morgan fingerprint density at radius 1 is 0.567 bits per heavy atom. The number of amides is 14. The van der Waals surface area contributed by atoms with Crippen LogP contribution in [-0.2, 0) is 111 Å². The Bertz CT molecular complexity index is 5000. The van der Waals surface area contributed by atoms with Crippen molar-refractivity contribution in [2.75, 3.05) is 52.8 Å². The first kappa shape index (κ1) is 98.4. The van der Waals surface area contributed by atoms with Crippen LogP contribution in [0.5, 0.6) is 5.75 Å². The summed E-state index contributed by atoms with van der Waals surface area (Å²) in [4.78, 5) is 216.